The molecule has 1 atom stereocenters. The summed E-state index contributed by atoms with van der Waals surface area (Å²) in [4.78, 5) is 43.2. The van der Waals surface area contributed by atoms with Gasteiger partial charge in [-0.3, -0.25) is 14.6 Å². The number of Topliss-reactive ketones (excluding diaryl/α,β-unsaturated/α-hetero) is 1. The van der Waals surface area contributed by atoms with Gasteiger partial charge in [-0.25, -0.2) is 4.79 Å². The van der Waals surface area contributed by atoms with Crippen LogP contribution < -0.4 is 0 Å². The number of likely N-dealkylation sites (tertiary alicyclic amines) is 1. The van der Waals surface area contributed by atoms with Gasteiger partial charge in [-0.15, -0.1) is 0 Å². The molecular formula is C25H20N2O5. The number of methoxy groups -OCH3 is 1. The van der Waals surface area contributed by atoms with Crippen molar-refractivity contribution in [3.63, 3.8) is 0 Å². The van der Waals surface area contributed by atoms with Gasteiger partial charge < -0.3 is 14.7 Å². The molecule has 1 fully saturated rings. The van der Waals surface area contributed by atoms with Crippen molar-refractivity contribution >= 4 is 23.4 Å². The number of rotatable bonds is 5. The summed E-state index contributed by atoms with van der Waals surface area (Å²) in [7, 11) is 1.29. The van der Waals surface area contributed by atoms with Crippen LogP contribution in [-0.4, -0.2) is 39.8 Å². The van der Waals surface area contributed by atoms with E-state index in [1.165, 1.54) is 24.4 Å². The third-order valence-electron chi connectivity index (χ3n) is 5.34. The van der Waals surface area contributed by atoms with Crippen LogP contribution in [0.5, 0.6) is 0 Å². The van der Waals surface area contributed by atoms with Gasteiger partial charge in [0.05, 0.1) is 24.3 Å². The van der Waals surface area contributed by atoms with Gasteiger partial charge in [0.2, 0.25) is 0 Å². The van der Waals surface area contributed by atoms with Crippen molar-refractivity contribution in [1.82, 2.24) is 9.88 Å². The number of carbonyl (C=O) groups excluding carboxylic acids is 3. The number of pyridine rings is 1. The fourth-order valence-corrected chi connectivity index (χ4v) is 3.75. The third kappa shape index (κ3) is 3.88. The number of benzene rings is 2. The molecule has 1 aliphatic rings. The zero-order chi connectivity index (χ0) is 22.7. The Morgan fingerprint density at radius 3 is 2.25 bits per heavy atom. The summed E-state index contributed by atoms with van der Waals surface area (Å²) in [5.74, 6) is -2.24. The van der Waals surface area contributed by atoms with Gasteiger partial charge in [0.25, 0.3) is 11.7 Å². The first-order valence-corrected chi connectivity index (χ1v) is 9.92. The fourth-order valence-electron chi connectivity index (χ4n) is 3.75. The number of aliphatic hydroxyl groups is 1. The van der Waals surface area contributed by atoms with Crippen molar-refractivity contribution in [2.24, 2.45) is 0 Å². The molecule has 4 rings (SSSR count). The molecule has 1 N–H and O–H groups in total. The van der Waals surface area contributed by atoms with Crippen LogP contribution in [-0.2, 0) is 20.9 Å². The maximum absolute atomic E-state index is 13.0. The molecule has 2 heterocycles. The minimum Gasteiger partial charge on any atom is -0.507 e. The van der Waals surface area contributed by atoms with E-state index in [4.69, 9.17) is 4.74 Å². The zero-order valence-corrected chi connectivity index (χ0v) is 17.3. The largest absolute Gasteiger partial charge is 0.507 e. The molecule has 1 aliphatic heterocycles. The van der Waals surface area contributed by atoms with Crippen LogP contribution in [0.1, 0.15) is 33.1 Å². The Labute approximate surface area is 184 Å². The van der Waals surface area contributed by atoms with E-state index in [2.05, 4.69) is 4.98 Å². The first kappa shape index (κ1) is 21.0. The molecule has 0 saturated carbocycles. The van der Waals surface area contributed by atoms with Gasteiger partial charge in [0.15, 0.2) is 0 Å². The van der Waals surface area contributed by atoms with Crippen molar-refractivity contribution in [2.45, 2.75) is 12.6 Å². The van der Waals surface area contributed by atoms with Crippen LogP contribution >= 0.6 is 0 Å². The minimum atomic E-state index is -0.824. The molecule has 1 saturated heterocycles. The maximum atomic E-state index is 13.0. The first-order chi connectivity index (χ1) is 15.5. The number of nitrogens with zero attached hydrogens (tertiary/aromatic N) is 2. The summed E-state index contributed by atoms with van der Waals surface area (Å²) in [5, 5.41) is 11.0. The van der Waals surface area contributed by atoms with E-state index in [9.17, 15) is 19.5 Å². The SMILES string of the molecule is COC(=O)c1ccc(C2/C(=C(\O)c3ccncc3)C(=O)C(=O)N2Cc2ccccc2)cc1. The lowest BCUT2D eigenvalue weighted by atomic mass is 9.94. The number of carbonyl (C=O) groups is 3. The predicted molar refractivity (Wildman–Crippen MR) is 116 cm³/mol. The highest BCUT2D eigenvalue weighted by Gasteiger charge is 2.46. The number of aromatic nitrogens is 1. The van der Waals surface area contributed by atoms with Gasteiger partial charge >= 0.3 is 5.97 Å². The molecule has 7 nitrogen and oxygen atoms in total. The highest BCUT2D eigenvalue weighted by molar-refractivity contribution is 6.46. The van der Waals surface area contributed by atoms with E-state index >= 15 is 0 Å². The molecule has 32 heavy (non-hydrogen) atoms. The van der Waals surface area contributed by atoms with Gasteiger partial charge in [0.1, 0.15) is 5.76 Å². The van der Waals surface area contributed by atoms with E-state index in [1.807, 2.05) is 30.3 Å². The molecule has 0 spiro atoms. The Balaban J connectivity index is 1.84. The fraction of sp³-hybridized carbons (Fsp3) is 0.120. The standard InChI is InChI=1S/C25H20N2O5/c1-32-25(31)19-9-7-17(8-10-19)21-20(22(28)18-11-13-26-14-12-18)23(29)24(30)27(21)15-16-5-3-2-4-6-16/h2-14,21,28H,15H2,1H3/b22-20+. The molecule has 0 aliphatic carbocycles. The van der Waals surface area contributed by atoms with E-state index in [-0.39, 0.29) is 17.9 Å². The summed E-state index contributed by atoms with van der Waals surface area (Å²) in [5.41, 5.74) is 2.14. The van der Waals surface area contributed by atoms with E-state index < -0.39 is 23.7 Å². The van der Waals surface area contributed by atoms with Crippen LogP contribution in [0.3, 0.4) is 0 Å². The quantitative estimate of drug-likeness (QED) is 0.289. The number of ether oxygens (including phenoxy) is 1. The van der Waals surface area contributed by atoms with E-state index in [1.54, 1.807) is 36.4 Å². The number of aliphatic hydroxyl groups excluding tert-OH is 1. The molecule has 2 aromatic carbocycles. The second-order valence-electron chi connectivity index (χ2n) is 7.26. The average molecular weight is 428 g/mol. The summed E-state index contributed by atoms with van der Waals surface area (Å²) >= 11 is 0. The Morgan fingerprint density at radius 2 is 1.62 bits per heavy atom. The Kier molecular flexibility index (Phi) is 5.81. The van der Waals surface area contributed by atoms with Crippen LogP contribution in [0.4, 0.5) is 0 Å². The highest BCUT2D eigenvalue weighted by Crippen LogP contribution is 2.40. The average Bonchev–Trinajstić information content (AvgIpc) is 3.09. The van der Waals surface area contributed by atoms with Crippen molar-refractivity contribution in [1.29, 1.82) is 0 Å². The molecule has 1 aromatic heterocycles. The van der Waals surface area contributed by atoms with E-state index in [0.29, 0.717) is 16.7 Å². The van der Waals surface area contributed by atoms with Crippen LogP contribution in [0.25, 0.3) is 5.76 Å². The molecule has 160 valence electrons. The maximum Gasteiger partial charge on any atom is 0.337 e. The normalized spacial score (nSPS) is 17.4. The van der Waals surface area contributed by atoms with Gasteiger partial charge in [0, 0.05) is 24.5 Å². The van der Waals surface area contributed by atoms with Crippen molar-refractivity contribution in [2.75, 3.05) is 7.11 Å². The Hall–Kier alpha value is -4.26. The zero-order valence-electron chi connectivity index (χ0n) is 17.3. The lowest BCUT2D eigenvalue weighted by molar-refractivity contribution is -0.140. The van der Waals surface area contributed by atoms with Crippen LogP contribution in [0.2, 0.25) is 0 Å². The summed E-state index contributed by atoms with van der Waals surface area (Å²) in [6.45, 7) is 0.182. The summed E-state index contributed by atoms with van der Waals surface area (Å²) in [6, 6.07) is 18.0. The first-order valence-electron chi connectivity index (χ1n) is 9.92. The predicted octanol–water partition coefficient (Wildman–Crippen LogP) is 3.49. The van der Waals surface area contributed by atoms with Crippen LogP contribution in [0.15, 0.2) is 84.7 Å². The monoisotopic (exact) mass is 428 g/mol. The van der Waals surface area contributed by atoms with Gasteiger partial charge in [-0.2, -0.15) is 0 Å². The smallest absolute Gasteiger partial charge is 0.337 e. The Morgan fingerprint density at radius 1 is 0.969 bits per heavy atom. The van der Waals surface area contributed by atoms with E-state index in [0.717, 1.165) is 5.56 Å². The number of hydrogen-bond donors (Lipinski definition) is 1. The number of ketones is 1. The third-order valence-corrected chi connectivity index (χ3v) is 5.34. The number of esters is 1. The molecule has 0 bridgehead atoms. The number of hydrogen-bond acceptors (Lipinski definition) is 6. The molecule has 1 amide bonds. The van der Waals surface area contributed by atoms with Crippen molar-refractivity contribution < 1.29 is 24.2 Å². The minimum absolute atomic E-state index is 0.0112. The summed E-state index contributed by atoms with van der Waals surface area (Å²) in [6.07, 6.45) is 2.99. The lowest BCUT2D eigenvalue weighted by Gasteiger charge is -2.25. The van der Waals surface area contributed by atoms with Gasteiger partial charge in [-0.05, 0) is 35.4 Å². The topological polar surface area (TPSA) is 96.8 Å². The summed E-state index contributed by atoms with van der Waals surface area (Å²) < 4.78 is 4.74. The lowest BCUT2D eigenvalue weighted by Crippen LogP contribution is -2.29. The highest BCUT2D eigenvalue weighted by atomic mass is 16.5. The number of amides is 1. The second-order valence-corrected chi connectivity index (χ2v) is 7.26. The Bertz CT molecular complexity index is 1190. The molecule has 7 heteroatoms. The van der Waals surface area contributed by atoms with Crippen molar-refractivity contribution in [3.05, 3.63) is 107 Å². The van der Waals surface area contributed by atoms with Crippen LogP contribution in [0, 0.1) is 0 Å². The molecule has 0 radical (unpaired) electrons. The molecular weight excluding hydrogens is 408 g/mol. The molecule has 1 unspecified atom stereocenters. The molecule has 3 aromatic rings. The second kappa shape index (κ2) is 8.85. The van der Waals surface area contributed by atoms with Gasteiger partial charge in [-0.1, -0.05) is 42.5 Å². The van der Waals surface area contributed by atoms with Crippen molar-refractivity contribution in [3.8, 4) is 0 Å².